The van der Waals surface area contributed by atoms with Gasteiger partial charge in [-0.3, -0.25) is 0 Å². The Bertz CT molecular complexity index is 203. The van der Waals surface area contributed by atoms with Crippen LogP contribution in [0.3, 0.4) is 0 Å². The van der Waals surface area contributed by atoms with E-state index in [0.29, 0.717) is 5.92 Å². The fourth-order valence-electron chi connectivity index (χ4n) is 2.03. The molecule has 1 saturated carbocycles. The SMILES string of the molecule is C=C1CC[C@H](C)C(C)(C)[C@H]1C=O. The summed E-state index contributed by atoms with van der Waals surface area (Å²) < 4.78 is 0. The molecule has 1 rings (SSSR count). The van der Waals surface area contributed by atoms with Crippen LogP contribution < -0.4 is 0 Å². The number of carbonyl (C=O) groups is 1. The topological polar surface area (TPSA) is 17.1 Å². The second-order valence-corrected chi connectivity index (χ2v) is 4.53. The van der Waals surface area contributed by atoms with Crippen molar-refractivity contribution in [3.8, 4) is 0 Å². The first-order valence-electron chi connectivity index (χ1n) is 4.63. The van der Waals surface area contributed by atoms with Gasteiger partial charge in [0.1, 0.15) is 6.29 Å². The van der Waals surface area contributed by atoms with E-state index in [1.54, 1.807) is 0 Å². The molecule has 0 spiro atoms. The van der Waals surface area contributed by atoms with E-state index in [0.717, 1.165) is 18.3 Å². The van der Waals surface area contributed by atoms with Crippen molar-refractivity contribution in [1.29, 1.82) is 0 Å². The summed E-state index contributed by atoms with van der Waals surface area (Å²) in [5.41, 5.74) is 1.23. The van der Waals surface area contributed by atoms with Gasteiger partial charge in [0, 0.05) is 5.92 Å². The van der Waals surface area contributed by atoms with Crippen LogP contribution >= 0.6 is 0 Å². The van der Waals surface area contributed by atoms with Crippen LogP contribution in [-0.4, -0.2) is 6.29 Å². The average molecular weight is 166 g/mol. The van der Waals surface area contributed by atoms with Gasteiger partial charge in [0.2, 0.25) is 0 Å². The van der Waals surface area contributed by atoms with Crippen molar-refractivity contribution in [2.24, 2.45) is 17.3 Å². The molecule has 2 atom stereocenters. The predicted molar refractivity (Wildman–Crippen MR) is 50.9 cm³/mol. The van der Waals surface area contributed by atoms with Gasteiger partial charge in [0.05, 0.1) is 0 Å². The zero-order chi connectivity index (χ0) is 9.35. The van der Waals surface area contributed by atoms with Crippen molar-refractivity contribution in [1.82, 2.24) is 0 Å². The first-order valence-corrected chi connectivity index (χ1v) is 4.63. The molecule has 1 nitrogen and oxygen atoms in total. The molecule has 0 unspecified atom stereocenters. The molecule has 0 bridgehead atoms. The monoisotopic (exact) mass is 166 g/mol. The number of aldehydes is 1. The van der Waals surface area contributed by atoms with Crippen molar-refractivity contribution in [2.75, 3.05) is 0 Å². The maximum Gasteiger partial charge on any atom is 0.127 e. The van der Waals surface area contributed by atoms with Gasteiger partial charge in [0.25, 0.3) is 0 Å². The van der Waals surface area contributed by atoms with E-state index < -0.39 is 0 Å². The smallest absolute Gasteiger partial charge is 0.127 e. The molecule has 12 heavy (non-hydrogen) atoms. The summed E-state index contributed by atoms with van der Waals surface area (Å²) >= 11 is 0. The van der Waals surface area contributed by atoms with Gasteiger partial charge in [-0.15, -0.1) is 0 Å². The lowest BCUT2D eigenvalue weighted by atomic mass is 9.62. The molecule has 1 fully saturated rings. The van der Waals surface area contributed by atoms with Gasteiger partial charge >= 0.3 is 0 Å². The Morgan fingerprint density at radius 3 is 2.58 bits per heavy atom. The minimum Gasteiger partial charge on any atom is -0.303 e. The van der Waals surface area contributed by atoms with Crippen LogP contribution in [0, 0.1) is 17.3 Å². The second-order valence-electron chi connectivity index (χ2n) is 4.53. The highest BCUT2D eigenvalue weighted by atomic mass is 16.1. The minimum absolute atomic E-state index is 0.0706. The minimum atomic E-state index is 0.0706. The number of carbonyl (C=O) groups excluding carboxylic acids is 1. The van der Waals surface area contributed by atoms with Crippen LogP contribution in [0.25, 0.3) is 0 Å². The first kappa shape index (κ1) is 9.50. The van der Waals surface area contributed by atoms with Crippen molar-refractivity contribution in [2.45, 2.75) is 33.6 Å². The quantitative estimate of drug-likeness (QED) is 0.432. The summed E-state index contributed by atoms with van der Waals surface area (Å²) in [4.78, 5) is 10.9. The Kier molecular flexibility index (Phi) is 2.41. The highest BCUT2D eigenvalue weighted by Crippen LogP contribution is 2.45. The molecule has 0 aromatic rings. The lowest BCUT2D eigenvalue weighted by Gasteiger charge is -2.42. The molecule has 0 aromatic heterocycles. The average Bonchev–Trinajstić information content (AvgIpc) is 1.98. The summed E-state index contributed by atoms with van der Waals surface area (Å²) in [5.74, 6) is 0.694. The maximum absolute atomic E-state index is 10.9. The van der Waals surface area contributed by atoms with Crippen LogP contribution in [0.2, 0.25) is 0 Å². The van der Waals surface area contributed by atoms with E-state index >= 15 is 0 Å². The Hall–Kier alpha value is -0.590. The first-order chi connectivity index (χ1) is 5.50. The number of hydrogen-bond acceptors (Lipinski definition) is 1. The maximum atomic E-state index is 10.9. The van der Waals surface area contributed by atoms with Crippen LogP contribution in [0.1, 0.15) is 33.6 Å². The Morgan fingerprint density at radius 1 is 1.58 bits per heavy atom. The number of hydrogen-bond donors (Lipinski definition) is 0. The predicted octanol–water partition coefficient (Wildman–Crippen LogP) is 2.81. The van der Waals surface area contributed by atoms with E-state index in [1.807, 2.05) is 0 Å². The zero-order valence-corrected chi connectivity index (χ0v) is 8.26. The van der Waals surface area contributed by atoms with Crippen LogP contribution in [0.4, 0.5) is 0 Å². The lowest BCUT2D eigenvalue weighted by Crippen LogP contribution is -2.36. The Morgan fingerprint density at radius 2 is 2.17 bits per heavy atom. The highest BCUT2D eigenvalue weighted by molar-refractivity contribution is 5.60. The summed E-state index contributed by atoms with van der Waals surface area (Å²) in [5, 5.41) is 0. The van der Waals surface area contributed by atoms with E-state index in [-0.39, 0.29) is 11.3 Å². The zero-order valence-electron chi connectivity index (χ0n) is 8.26. The third-order valence-corrected chi connectivity index (χ3v) is 3.55. The summed E-state index contributed by atoms with van der Waals surface area (Å²) in [6.45, 7) is 10.5. The Labute approximate surface area is 74.9 Å². The number of rotatable bonds is 1. The summed E-state index contributed by atoms with van der Waals surface area (Å²) in [6.07, 6.45) is 3.27. The molecule has 1 aliphatic carbocycles. The van der Waals surface area contributed by atoms with E-state index in [4.69, 9.17) is 0 Å². The van der Waals surface area contributed by atoms with Crippen molar-refractivity contribution in [3.63, 3.8) is 0 Å². The number of allylic oxidation sites excluding steroid dienone is 1. The molecule has 0 N–H and O–H groups in total. The third-order valence-electron chi connectivity index (χ3n) is 3.55. The molecule has 68 valence electrons. The second kappa shape index (κ2) is 3.04. The molecular weight excluding hydrogens is 148 g/mol. The molecule has 0 saturated heterocycles. The van der Waals surface area contributed by atoms with Gasteiger partial charge in [-0.05, 0) is 24.2 Å². The van der Waals surface area contributed by atoms with Gasteiger partial charge in [-0.25, -0.2) is 0 Å². The third kappa shape index (κ3) is 1.33. The van der Waals surface area contributed by atoms with Crippen molar-refractivity contribution in [3.05, 3.63) is 12.2 Å². The molecular formula is C11H18O. The van der Waals surface area contributed by atoms with Gasteiger partial charge in [0.15, 0.2) is 0 Å². The fraction of sp³-hybridized carbons (Fsp3) is 0.727. The van der Waals surface area contributed by atoms with E-state index in [9.17, 15) is 4.79 Å². The van der Waals surface area contributed by atoms with Crippen molar-refractivity contribution < 1.29 is 4.79 Å². The molecule has 1 aliphatic rings. The summed E-state index contributed by atoms with van der Waals surface area (Å²) in [7, 11) is 0. The van der Waals surface area contributed by atoms with Crippen LogP contribution in [0.15, 0.2) is 12.2 Å². The van der Waals surface area contributed by atoms with E-state index in [1.165, 1.54) is 6.42 Å². The molecule has 0 amide bonds. The van der Waals surface area contributed by atoms with E-state index in [2.05, 4.69) is 27.4 Å². The van der Waals surface area contributed by atoms with Gasteiger partial charge in [-0.2, -0.15) is 0 Å². The molecule has 0 heterocycles. The fourth-order valence-corrected chi connectivity index (χ4v) is 2.03. The van der Waals surface area contributed by atoms with Crippen LogP contribution in [-0.2, 0) is 4.79 Å². The standard InChI is InChI=1S/C11H18O/c1-8-5-6-9(2)11(3,4)10(8)7-12/h7,9-10H,1,5-6H2,2-4H3/t9-,10-/m0/s1. The Balaban J connectivity index is 2.90. The summed E-state index contributed by atoms with van der Waals surface area (Å²) in [6, 6.07) is 0. The van der Waals surface area contributed by atoms with Gasteiger partial charge < -0.3 is 4.79 Å². The van der Waals surface area contributed by atoms with Crippen LogP contribution in [0.5, 0.6) is 0 Å². The molecule has 0 aromatic carbocycles. The van der Waals surface area contributed by atoms with Gasteiger partial charge in [-0.1, -0.05) is 32.9 Å². The van der Waals surface area contributed by atoms with Crippen molar-refractivity contribution >= 4 is 6.29 Å². The molecule has 0 aliphatic heterocycles. The highest BCUT2D eigenvalue weighted by Gasteiger charge is 2.39. The normalized spacial score (nSPS) is 34.8. The molecule has 1 heteroatoms. The molecule has 0 radical (unpaired) electrons. The largest absolute Gasteiger partial charge is 0.303 e. The lowest BCUT2D eigenvalue weighted by molar-refractivity contribution is -0.114.